The number of carbonyl (C=O) groups is 4. The summed E-state index contributed by atoms with van der Waals surface area (Å²) < 4.78 is 11.7. The molecule has 1 aliphatic heterocycles. The number of aliphatic hydroxyl groups excluding tert-OH is 1. The highest BCUT2D eigenvalue weighted by atomic mass is 16.5. The lowest BCUT2D eigenvalue weighted by Crippen LogP contribution is -2.50. The molecule has 2 aromatic carbocycles. The van der Waals surface area contributed by atoms with E-state index in [4.69, 9.17) is 15.0 Å². The molecule has 14 nitrogen and oxygen atoms in total. The molecule has 4 rings (SSSR count). The van der Waals surface area contributed by atoms with Crippen LogP contribution >= 0.6 is 0 Å². The van der Waals surface area contributed by atoms with E-state index in [0.717, 1.165) is 0 Å². The number of rotatable bonds is 13. The fourth-order valence-electron chi connectivity index (χ4n) is 5.56. The highest BCUT2D eigenvalue weighted by Gasteiger charge is 2.35. The molecule has 0 unspecified atom stereocenters. The Morgan fingerprint density at radius 3 is 2.31 bits per heavy atom. The molecule has 0 aliphatic carbocycles. The van der Waals surface area contributed by atoms with Crippen LogP contribution in [0.4, 0.5) is 27.5 Å². The van der Waals surface area contributed by atoms with E-state index in [-0.39, 0.29) is 61.1 Å². The second-order valence-electron chi connectivity index (χ2n) is 12.6. The number of hydrogen-bond donors (Lipinski definition) is 5. The van der Waals surface area contributed by atoms with Gasteiger partial charge in [-0.25, -0.2) is 4.79 Å². The predicted molar refractivity (Wildman–Crippen MR) is 186 cm³/mol. The monoisotopic (exact) mass is 677 g/mol. The van der Waals surface area contributed by atoms with E-state index in [2.05, 4.69) is 21.1 Å². The van der Waals surface area contributed by atoms with Crippen molar-refractivity contribution in [3.05, 3.63) is 59.5 Å². The number of aliphatic hydroxyl groups is 1. The number of urea groups is 1. The lowest BCUT2D eigenvalue weighted by Gasteiger charge is -2.38. The molecule has 0 spiro atoms. The summed E-state index contributed by atoms with van der Waals surface area (Å²) in [6.45, 7) is 7.30. The number of nitrogen functional groups attached to an aromatic ring is 1. The highest BCUT2D eigenvalue weighted by molar-refractivity contribution is 6.01. The number of nitrogens with one attached hydrogen (secondary N) is 3. The summed E-state index contributed by atoms with van der Waals surface area (Å²) in [6.07, 6.45) is 1.71. The molecular weight excluding hydrogens is 630 g/mol. The van der Waals surface area contributed by atoms with Crippen LogP contribution in [0.15, 0.2) is 47.0 Å². The Hall–Kier alpha value is -5.11. The van der Waals surface area contributed by atoms with Crippen LogP contribution in [0.3, 0.4) is 0 Å². The van der Waals surface area contributed by atoms with Crippen LogP contribution in [0.25, 0.3) is 0 Å². The van der Waals surface area contributed by atoms with Gasteiger partial charge in [0.15, 0.2) is 11.5 Å². The summed E-state index contributed by atoms with van der Waals surface area (Å²) in [5, 5.41) is 22.4. The van der Waals surface area contributed by atoms with Crippen molar-refractivity contribution in [3.8, 4) is 5.75 Å². The predicted octanol–water partition coefficient (Wildman–Crippen LogP) is 4.79. The molecule has 3 atom stereocenters. The number of anilines is 4. The number of nitrogens with two attached hydrogens (primary N) is 1. The number of aromatic nitrogens is 1. The summed E-state index contributed by atoms with van der Waals surface area (Å²) in [4.78, 5) is 55.4. The lowest BCUT2D eigenvalue weighted by atomic mass is 9.99. The smallest absolute Gasteiger partial charge is 0.321 e. The zero-order chi connectivity index (χ0) is 35.7. The van der Waals surface area contributed by atoms with Gasteiger partial charge in [-0.1, -0.05) is 36.7 Å². The fraction of sp³-hybridized carbons (Fsp3) is 0.457. The van der Waals surface area contributed by atoms with E-state index >= 15 is 0 Å². The van der Waals surface area contributed by atoms with Crippen LogP contribution in [-0.4, -0.2) is 82.7 Å². The third-order valence-corrected chi connectivity index (χ3v) is 8.57. The molecule has 49 heavy (non-hydrogen) atoms. The summed E-state index contributed by atoms with van der Waals surface area (Å²) in [6, 6.07) is 11.1. The van der Waals surface area contributed by atoms with Crippen molar-refractivity contribution in [1.29, 1.82) is 0 Å². The van der Waals surface area contributed by atoms with Crippen LogP contribution in [0, 0.1) is 19.8 Å². The Morgan fingerprint density at radius 1 is 1.02 bits per heavy atom. The van der Waals surface area contributed by atoms with Gasteiger partial charge in [-0.15, -0.1) is 0 Å². The summed E-state index contributed by atoms with van der Waals surface area (Å²) >= 11 is 0. The Labute approximate surface area is 286 Å². The second kappa shape index (κ2) is 16.8. The standard InChI is InChI=1S/C35H47N7O7/c1-21-18-42(22(2)20-43)34(46)25-12-11-15-28(33(25)48-29(21)19-41(5)35(47)39-32-23(3)40-49-24(32)4)38-31(45)17-8-6-7-16-30(44)37-27-14-10-9-13-26(27)36/h9-15,21-22,29,43H,6-8,16-20,36H2,1-5H3,(H,37,44)(H,38,45)(H,39,47)/t21-,22+,29+/m1/s1. The van der Waals surface area contributed by atoms with Gasteiger partial charge in [0.2, 0.25) is 11.8 Å². The molecule has 5 amide bonds. The number of para-hydroxylation sites is 3. The molecule has 14 heteroatoms. The Balaban J connectivity index is 1.43. The summed E-state index contributed by atoms with van der Waals surface area (Å²) in [5.74, 6) is -0.335. The van der Waals surface area contributed by atoms with E-state index in [1.54, 1.807) is 75.2 Å². The number of likely N-dealkylation sites (N-methyl/N-ethyl adjacent to an activating group) is 1. The van der Waals surface area contributed by atoms with Crippen LogP contribution in [-0.2, 0) is 9.59 Å². The first-order chi connectivity index (χ1) is 23.4. The van der Waals surface area contributed by atoms with Crippen molar-refractivity contribution < 1.29 is 33.5 Å². The van der Waals surface area contributed by atoms with Crippen LogP contribution in [0.1, 0.15) is 67.8 Å². The topological polar surface area (TPSA) is 192 Å². The third kappa shape index (κ3) is 9.50. The molecule has 0 radical (unpaired) electrons. The molecule has 0 saturated carbocycles. The zero-order valence-corrected chi connectivity index (χ0v) is 28.7. The maximum Gasteiger partial charge on any atom is 0.321 e. The van der Waals surface area contributed by atoms with Gasteiger partial charge >= 0.3 is 6.03 Å². The van der Waals surface area contributed by atoms with E-state index in [9.17, 15) is 24.3 Å². The molecule has 0 saturated heterocycles. The first-order valence-corrected chi connectivity index (χ1v) is 16.5. The SMILES string of the molecule is Cc1noc(C)c1NC(=O)N(C)C[C@@H]1Oc2c(NC(=O)CCCCCC(=O)Nc3ccccc3N)cccc2C(=O)N([C@@H](C)CO)C[C@H]1C. The number of aryl methyl sites for hydroxylation is 2. The minimum absolute atomic E-state index is 0.146. The van der Waals surface area contributed by atoms with Crippen molar-refractivity contribution in [3.63, 3.8) is 0 Å². The van der Waals surface area contributed by atoms with Gasteiger partial charge in [0.25, 0.3) is 5.91 Å². The van der Waals surface area contributed by atoms with E-state index in [1.165, 1.54) is 4.90 Å². The number of fused-ring (bicyclic) bond motifs is 1. The molecule has 1 aliphatic rings. The third-order valence-electron chi connectivity index (χ3n) is 8.57. The van der Waals surface area contributed by atoms with E-state index in [0.29, 0.717) is 59.9 Å². The normalized spacial score (nSPS) is 16.4. The van der Waals surface area contributed by atoms with Gasteiger partial charge in [-0.05, 0) is 57.9 Å². The maximum atomic E-state index is 13.8. The largest absolute Gasteiger partial charge is 0.485 e. The molecule has 2 heterocycles. The number of ether oxygens (including phenoxy) is 1. The zero-order valence-electron chi connectivity index (χ0n) is 28.7. The lowest BCUT2D eigenvalue weighted by molar-refractivity contribution is -0.116. The summed E-state index contributed by atoms with van der Waals surface area (Å²) in [5.41, 5.74) is 8.57. The molecule has 6 N–H and O–H groups in total. The first-order valence-electron chi connectivity index (χ1n) is 16.5. The Bertz CT molecular complexity index is 1620. The van der Waals surface area contributed by atoms with Crippen molar-refractivity contribution in [2.75, 3.05) is 48.4 Å². The second-order valence-corrected chi connectivity index (χ2v) is 12.6. The number of benzene rings is 2. The number of nitrogens with zero attached hydrogens (tertiary/aromatic N) is 3. The van der Waals surface area contributed by atoms with Gasteiger partial charge < -0.3 is 45.9 Å². The molecular formula is C35H47N7O7. The number of hydrogen-bond acceptors (Lipinski definition) is 9. The Kier molecular flexibility index (Phi) is 12.6. The van der Waals surface area contributed by atoms with Gasteiger partial charge in [0.05, 0.1) is 41.8 Å². The van der Waals surface area contributed by atoms with Gasteiger partial charge in [0.1, 0.15) is 17.5 Å². The molecule has 3 aromatic rings. The summed E-state index contributed by atoms with van der Waals surface area (Å²) in [7, 11) is 1.64. The molecule has 0 bridgehead atoms. The number of amides is 5. The van der Waals surface area contributed by atoms with Gasteiger partial charge in [-0.3, -0.25) is 14.4 Å². The minimum atomic E-state index is -0.587. The quantitative estimate of drug-likeness (QED) is 0.125. The first kappa shape index (κ1) is 36.7. The van der Waals surface area contributed by atoms with Crippen LogP contribution in [0.2, 0.25) is 0 Å². The van der Waals surface area contributed by atoms with Crippen molar-refractivity contribution >= 4 is 46.5 Å². The number of unbranched alkanes of at least 4 members (excludes halogenated alkanes) is 2. The number of carbonyl (C=O) groups excluding carboxylic acids is 4. The maximum absolute atomic E-state index is 13.8. The highest BCUT2D eigenvalue weighted by Crippen LogP contribution is 2.35. The van der Waals surface area contributed by atoms with Gasteiger partial charge in [0, 0.05) is 32.4 Å². The van der Waals surface area contributed by atoms with Crippen LogP contribution < -0.4 is 26.4 Å². The van der Waals surface area contributed by atoms with Crippen molar-refractivity contribution in [1.82, 2.24) is 15.0 Å². The van der Waals surface area contributed by atoms with Crippen molar-refractivity contribution in [2.45, 2.75) is 71.9 Å². The van der Waals surface area contributed by atoms with Crippen LogP contribution in [0.5, 0.6) is 5.75 Å². The van der Waals surface area contributed by atoms with Crippen molar-refractivity contribution in [2.24, 2.45) is 5.92 Å². The molecule has 264 valence electrons. The average Bonchev–Trinajstić information content (AvgIpc) is 3.39. The van der Waals surface area contributed by atoms with Gasteiger partial charge in [-0.2, -0.15) is 0 Å². The average molecular weight is 678 g/mol. The Morgan fingerprint density at radius 2 is 1.67 bits per heavy atom. The fourth-order valence-corrected chi connectivity index (χ4v) is 5.56. The molecule has 1 aromatic heterocycles. The minimum Gasteiger partial charge on any atom is -0.485 e. The van der Waals surface area contributed by atoms with E-state index in [1.807, 2.05) is 6.92 Å². The molecule has 0 fully saturated rings. The van der Waals surface area contributed by atoms with E-state index < -0.39 is 18.2 Å².